The Balaban J connectivity index is 2.31. The standard InChI is InChI=1S/C15H24N2O2S/c1-15(19,12-20-3)11-16-14(18)10-17(2)9-13-7-5-4-6-8-13/h4-8,19H,9-12H2,1-3H3,(H,16,18). The normalized spacial score (nSPS) is 14.1. The van der Waals surface area contributed by atoms with Crippen molar-refractivity contribution in [3.63, 3.8) is 0 Å². The lowest BCUT2D eigenvalue weighted by Crippen LogP contribution is -2.45. The number of benzene rings is 1. The number of carbonyl (C=O) groups excluding carboxylic acids is 1. The minimum Gasteiger partial charge on any atom is -0.387 e. The van der Waals surface area contributed by atoms with Crippen LogP contribution in [0.4, 0.5) is 0 Å². The lowest BCUT2D eigenvalue weighted by Gasteiger charge is -2.23. The molecular weight excluding hydrogens is 272 g/mol. The molecule has 1 unspecified atom stereocenters. The Hall–Kier alpha value is -1.04. The van der Waals surface area contributed by atoms with Crippen molar-refractivity contribution >= 4 is 17.7 Å². The van der Waals surface area contributed by atoms with E-state index in [0.717, 1.165) is 6.54 Å². The lowest BCUT2D eigenvalue weighted by molar-refractivity contribution is -0.123. The van der Waals surface area contributed by atoms with Crippen molar-refractivity contribution in [1.29, 1.82) is 0 Å². The summed E-state index contributed by atoms with van der Waals surface area (Å²) in [5.74, 6) is 0.539. The number of rotatable bonds is 8. The molecule has 1 aromatic rings. The van der Waals surface area contributed by atoms with E-state index in [1.54, 1.807) is 18.7 Å². The van der Waals surface area contributed by atoms with Gasteiger partial charge in [-0.2, -0.15) is 11.8 Å². The zero-order chi connectivity index (χ0) is 15.0. The second kappa shape index (κ2) is 8.29. The number of hydrogen-bond donors (Lipinski definition) is 2. The molecule has 0 fully saturated rings. The fraction of sp³-hybridized carbons (Fsp3) is 0.533. The predicted molar refractivity (Wildman–Crippen MR) is 84.8 cm³/mol. The molecule has 112 valence electrons. The molecule has 0 aliphatic carbocycles. The molecule has 5 heteroatoms. The molecule has 0 radical (unpaired) electrons. The van der Waals surface area contributed by atoms with Gasteiger partial charge in [0, 0.05) is 18.8 Å². The van der Waals surface area contributed by atoms with E-state index in [4.69, 9.17) is 0 Å². The third-order valence-corrected chi connectivity index (χ3v) is 3.74. The number of nitrogens with zero attached hydrogens (tertiary/aromatic N) is 1. The third kappa shape index (κ3) is 6.93. The summed E-state index contributed by atoms with van der Waals surface area (Å²) in [4.78, 5) is 13.8. The van der Waals surface area contributed by atoms with Gasteiger partial charge in [-0.3, -0.25) is 9.69 Å². The van der Waals surface area contributed by atoms with Crippen LogP contribution in [0.1, 0.15) is 12.5 Å². The molecule has 1 atom stereocenters. The molecular formula is C15H24N2O2S. The zero-order valence-electron chi connectivity index (χ0n) is 12.4. The number of amides is 1. The first-order valence-corrected chi connectivity index (χ1v) is 8.03. The van der Waals surface area contributed by atoms with E-state index in [9.17, 15) is 9.90 Å². The molecule has 0 aromatic heterocycles. The van der Waals surface area contributed by atoms with Crippen molar-refractivity contribution in [3.8, 4) is 0 Å². The SMILES string of the molecule is CSCC(C)(O)CNC(=O)CN(C)Cc1ccccc1. The molecule has 4 nitrogen and oxygen atoms in total. The number of likely N-dealkylation sites (N-methyl/N-ethyl adjacent to an activating group) is 1. The summed E-state index contributed by atoms with van der Waals surface area (Å²) in [5.41, 5.74) is 0.324. The summed E-state index contributed by atoms with van der Waals surface area (Å²) in [6.45, 7) is 3.07. The molecule has 1 aromatic carbocycles. The second-order valence-corrected chi connectivity index (χ2v) is 6.23. The minimum absolute atomic E-state index is 0.0650. The van der Waals surface area contributed by atoms with Crippen LogP contribution < -0.4 is 5.32 Å². The fourth-order valence-electron chi connectivity index (χ4n) is 1.90. The summed E-state index contributed by atoms with van der Waals surface area (Å²) in [6, 6.07) is 10.0. The highest BCUT2D eigenvalue weighted by Gasteiger charge is 2.20. The van der Waals surface area contributed by atoms with E-state index < -0.39 is 5.60 Å². The number of aliphatic hydroxyl groups is 1. The zero-order valence-corrected chi connectivity index (χ0v) is 13.2. The van der Waals surface area contributed by atoms with Gasteiger partial charge in [0.2, 0.25) is 5.91 Å². The monoisotopic (exact) mass is 296 g/mol. The van der Waals surface area contributed by atoms with Gasteiger partial charge in [-0.25, -0.2) is 0 Å². The van der Waals surface area contributed by atoms with Gasteiger partial charge >= 0.3 is 0 Å². The molecule has 0 heterocycles. The summed E-state index contributed by atoms with van der Waals surface area (Å²) < 4.78 is 0. The Kier molecular flexibility index (Phi) is 7.05. The van der Waals surface area contributed by atoms with Crippen molar-refractivity contribution < 1.29 is 9.90 Å². The van der Waals surface area contributed by atoms with Crippen LogP contribution in [0, 0.1) is 0 Å². The van der Waals surface area contributed by atoms with Crippen LogP contribution in [0.5, 0.6) is 0 Å². The Labute approximate surface area is 125 Å². The van der Waals surface area contributed by atoms with E-state index in [0.29, 0.717) is 12.3 Å². The molecule has 0 aliphatic rings. The van der Waals surface area contributed by atoms with Crippen LogP contribution in [-0.4, -0.2) is 53.7 Å². The molecule has 20 heavy (non-hydrogen) atoms. The molecule has 2 N–H and O–H groups in total. The topological polar surface area (TPSA) is 52.6 Å². The third-order valence-electron chi connectivity index (χ3n) is 2.83. The van der Waals surface area contributed by atoms with Gasteiger partial charge in [0.25, 0.3) is 0 Å². The number of hydrogen-bond acceptors (Lipinski definition) is 4. The van der Waals surface area contributed by atoms with Crippen molar-refractivity contribution in [2.75, 3.05) is 32.1 Å². The predicted octanol–water partition coefficient (Wildman–Crippen LogP) is 1.35. The van der Waals surface area contributed by atoms with Gasteiger partial charge in [-0.05, 0) is 25.8 Å². The lowest BCUT2D eigenvalue weighted by atomic mass is 10.1. The summed E-state index contributed by atoms with van der Waals surface area (Å²) >= 11 is 1.56. The summed E-state index contributed by atoms with van der Waals surface area (Å²) in [5, 5.41) is 12.8. The van der Waals surface area contributed by atoms with Crippen LogP contribution in [0.2, 0.25) is 0 Å². The molecule has 1 rings (SSSR count). The smallest absolute Gasteiger partial charge is 0.234 e. The number of nitrogens with one attached hydrogen (secondary N) is 1. The van der Waals surface area contributed by atoms with Crippen molar-refractivity contribution in [2.24, 2.45) is 0 Å². The summed E-state index contributed by atoms with van der Waals surface area (Å²) in [7, 11) is 1.91. The Morgan fingerprint density at radius 3 is 2.65 bits per heavy atom. The van der Waals surface area contributed by atoms with Crippen molar-refractivity contribution in [3.05, 3.63) is 35.9 Å². The van der Waals surface area contributed by atoms with E-state index in [-0.39, 0.29) is 12.5 Å². The summed E-state index contributed by atoms with van der Waals surface area (Å²) in [6.07, 6.45) is 1.93. The van der Waals surface area contributed by atoms with Gasteiger partial charge in [-0.15, -0.1) is 0 Å². The minimum atomic E-state index is -0.854. The first-order valence-electron chi connectivity index (χ1n) is 6.63. The van der Waals surface area contributed by atoms with Crippen LogP contribution in [-0.2, 0) is 11.3 Å². The Morgan fingerprint density at radius 2 is 2.05 bits per heavy atom. The maximum Gasteiger partial charge on any atom is 0.234 e. The van der Waals surface area contributed by atoms with Gasteiger partial charge in [0.15, 0.2) is 0 Å². The largest absolute Gasteiger partial charge is 0.387 e. The quantitative estimate of drug-likeness (QED) is 0.760. The van der Waals surface area contributed by atoms with E-state index in [1.807, 2.05) is 48.5 Å². The maximum atomic E-state index is 11.8. The first-order chi connectivity index (χ1) is 9.43. The van der Waals surface area contributed by atoms with Gasteiger partial charge in [-0.1, -0.05) is 30.3 Å². The molecule has 0 saturated carbocycles. The van der Waals surface area contributed by atoms with E-state index >= 15 is 0 Å². The number of thioether (sulfide) groups is 1. The van der Waals surface area contributed by atoms with Gasteiger partial charge in [0.1, 0.15) is 0 Å². The average Bonchev–Trinajstić information content (AvgIpc) is 2.37. The molecule has 0 spiro atoms. The maximum absolute atomic E-state index is 11.8. The van der Waals surface area contributed by atoms with Gasteiger partial charge < -0.3 is 10.4 Å². The average molecular weight is 296 g/mol. The number of carbonyl (C=O) groups is 1. The highest BCUT2D eigenvalue weighted by Crippen LogP contribution is 2.09. The van der Waals surface area contributed by atoms with E-state index in [2.05, 4.69) is 5.32 Å². The van der Waals surface area contributed by atoms with Crippen molar-refractivity contribution in [1.82, 2.24) is 10.2 Å². The molecule has 0 bridgehead atoms. The van der Waals surface area contributed by atoms with Crippen molar-refractivity contribution in [2.45, 2.75) is 19.1 Å². The molecule has 0 aliphatic heterocycles. The van der Waals surface area contributed by atoms with Crippen LogP contribution in [0.15, 0.2) is 30.3 Å². The molecule has 0 saturated heterocycles. The van der Waals surface area contributed by atoms with E-state index in [1.165, 1.54) is 5.56 Å². The second-order valence-electron chi connectivity index (χ2n) is 5.36. The highest BCUT2D eigenvalue weighted by atomic mass is 32.2. The van der Waals surface area contributed by atoms with Crippen LogP contribution in [0.25, 0.3) is 0 Å². The first kappa shape index (κ1) is 17.0. The highest BCUT2D eigenvalue weighted by molar-refractivity contribution is 7.98. The van der Waals surface area contributed by atoms with Gasteiger partial charge in [0.05, 0.1) is 12.1 Å². The molecule has 1 amide bonds. The Morgan fingerprint density at radius 1 is 1.40 bits per heavy atom. The van der Waals surface area contributed by atoms with Crippen LogP contribution in [0.3, 0.4) is 0 Å². The Bertz CT molecular complexity index is 410. The van der Waals surface area contributed by atoms with Crippen LogP contribution >= 0.6 is 11.8 Å². The fourth-order valence-corrected chi connectivity index (χ4v) is 2.63.